The summed E-state index contributed by atoms with van der Waals surface area (Å²) in [5.74, 6) is -0.116. The monoisotopic (exact) mass is 261 g/mol. The predicted octanol–water partition coefficient (Wildman–Crippen LogP) is 3.60. The van der Waals surface area contributed by atoms with Crippen molar-refractivity contribution in [1.82, 2.24) is 0 Å². The molecule has 0 aliphatic heterocycles. The van der Waals surface area contributed by atoms with Crippen LogP contribution in [0.3, 0.4) is 0 Å². The van der Waals surface area contributed by atoms with Gasteiger partial charge in [0.05, 0.1) is 12.2 Å². The third-order valence-corrected chi connectivity index (χ3v) is 2.69. The molecule has 0 heterocycles. The Morgan fingerprint density at radius 1 is 1.28 bits per heavy atom. The van der Waals surface area contributed by atoms with Gasteiger partial charge in [-0.05, 0) is 31.4 Å². The maximum Gasteiger partial charge on any atom is 0.419 e. The zero-order chi connectivity index (χ0) is 13.6. The first-order valence-corrected chi connectivity index (χ1v) is 5.99. The molecule has 0 fully saturated rings. The van der Waals surface area contributed by atoms with Crippen molar-refractivity contribution in [3.8, 4) is 5.75 Å². The van der Waals surface area contributed by atoms with Gasteiger partial charge >= 0.3 is 6.18 Å². The number of para-hydroxylation sites is 1. The normalized spacial score (nSPS) is 13.4. The Hall–Kier alpha value is -1.23. The fourth-order valence-corrected chi connectivity index (χ4v) is 1.56. The molecule has 0 radical (unpaired) electrons. The fraction of sp³-hybridized carbons (Fsp3) is 0.538. The molecule has 0 saturated carbocycles. The van der Waals surface area contributed by atoms with E-state index in [9.17, 15) is 13.2 Å². The molecule has 2 nitrogen and oxygen atoms in total. The number of benzene rings is 1. The molecule has 0 saturated heterocycles. The van der Waals surface area contributed by atoms with Gasteiger partial charge in [0.25, 0.3) is 0 Å². The Morgan fingerprint density at radius 3 is 2.56 bits per heavy atom. The maximum atomic E-state index is 12.6. The minimum atomic E-state index is -4.38. The number of rotatable bonds is 6. The minimum absolute atomic E-state index is 0.0893. The van der Waals surface area contributed by atoms with Gasteiger partial charge in [-0.1, -0.05) is 19.1 Å². The Bertz CT molecular complexity index is 365. The van der Waals surface area contributed by atoms with E-state index in [4.69, 9.17) is 10.5 Å². The van der Waals surface area contributed by atoms with Crippen molar-refractivity contribution in [1.29, 1.82) is 0 Å². The zero-order valence-electron chi connectivity index (χ0n) is 10.3. The smallest absolute Gasteiger partial charge is 0.419 e. The molecule has 102 valence electrons. The van der Waals surface area contributed by atoms with Crippen LogP contribution in [0.5, 0.6) is 5.75 Å². The quantitative estimate of drug-likeness (QED) is 0.794. The van der Waals surface area contributed by atoms with Crippen molar-refractivity contribution in [2.45, 2.75) is 38.4 Å². The van der Waals surface area contributed by atoms with Crippen LogP contribution in [0.4, 0.5) is 13.2 Å². The van der Waals surface area contributed by atoms with Crippen LogP contribution < -0.4 is 10.5 Å². The van der Waals surface area contributed by atoms with Crippen LogP contribution in [0.2, 0.25) is 0 Å². The number of nitrogens with two attached hydrogens (primary N) is 1. The topological polar surface area (TPSA) is 35.2 Å². The summed E-state index contributed by atoms with van der Waals surface area (Å²) in [5.41, 5.74) is 4.98. The molecule has 1 unspecified atom stereocenters. The number of halogens is 3. The molecule has 0 bridgehead atoms. The number of ether oxygens (including phenoxy) is 1. The summed E-state index contributed by atoms with van der Waals surface area (Å²) in [5, 5.41) is 0. The van der Waals surface area contributed by atoms with Crippen molar-refractivity contribution < 1.29 is 17.9 Å². The van der Waals surface area contributed by atoms with Crippen molar-refractivity contribution in [3.05, 3.63) is 29.8 Å². The summed E-state index contributed by atoms with van der Waals surface area (Å²) in [6.07, 6.45) is -2.11. The number of hydrogen-bond acceptors (Lipinski definition) is 2. The first-order chi connectivity index (χ1) is 8.45. The highest BCUT2D eigenvalue weighted by Gasteiger charge is 2.33. The van der Waals surface area contributed by atoms with E-state index < -0.39 is 11.7 Å². The summed E-state index contributed by atoms with van der Waals surface area (Å²) < 4.78 is 43.1. The molecule has 1 aromatic rings. The van der Waals surface area contributed by atoms with Crippen molar-refractivity contribution in [2.75, 3.05) is 6.61 Å². The summed E-state index contributed by atoms with van der Waals surface area (Å²) >= 11 is 0. The van der Waals surface area contributed by atoms with Gasteiger partial charge in [-0.2, -0.15) is 13.2 Å². The lowest BCUT2D eigenvalue weighted by molar-refractivity contribution is -0.138. The highest BCUT2D eigenvalue weighted by Crippen LogP contribution is 2.35. The lowest BCUT2D eigenvalue weighted by Crippen LogP contribution is -2.19. The third-order valence-electron chi connectivity index (χ3n) is 2.69. The average molecular weight is 261 g/mol. The fourth-order valence-electron chi connectivity index (χ4n) is 1.56. The van der Waals surface area contributed by atoms with Crippen LogP contribution in [0.25, 0.3) is 0 Å². The largest absolute Gasteiger partial charge is 0.493 e. The third kappa shape index (κ3) is 4.56. The van der Waals surface area contributed by atoms with Crippen LogP contribution in [0.1, 0.15) is 31.7 Å². The summed E-state index contributed by atoms with van der Waals surface area (Å²) in [6, 6.07) is 5.33. The van der Waals surface area contributed by atoms with Crippen molar-refractivity contribution in [2.24, 2.45) is 5.73 Å². The van der Waals surface area contributed by atoms with E-state index in [1.807, 2.05) is 6.92 Å². The molecule has 18 heavy (non-hydrogen) atoms. The van der Waals surface area contributed by atoms with E-state index in [1.54, 1.807) is 0 Å². The van der Waals surface area contributed by atoms with Crippen LogP contribution in [-0.4, -0.2) is 12.6 Å². The minimum Gasteiger partial charge on any atom is -0.493 e. The molecule has 1 rings (SSSR count). The molecule has 1 aromatic carbocycles. The molecule has 0 spiro atoms. The van der Waals surface area contributed by atoms with E-state index in [2.05, 4.69) is 0 Å². The molecule has 0 aliphatic carbocycles. The zero-order valence-corrected chi connectivity index (χ0v) is 10.3. The second kappa shape index (κ2) is 6.64. The van der Waals surface area contributed by atoms with E-state index in [-0.39, 0.29) is 18.4 Å². The second-order valence-corrected chi connectivity index (χ2v) is 4.15. The molecule has 0 aromatic heterocycles. The predicted molar refractivity (Wildman–Crippen MR) is 64.4 cm³/mol. The summed E-state index contributed by atoms with van der Waals surface area (Å²) in [4.78, 5) is 0. The lowest BCUT2D eigenvalue weighted by Gasteiger charge is -2.14. The van der Waals surface area contributed by atoms with Crippen LogP contribution in [-0.2, 0) is 6.18 Å². The van der Waals surface area contributed by atoms with Gasteiger partial charge < -0.3 is 10.5 Å². The highest BCUT2D eigenvalue weighted by atomic mass is 19.4. The number of hydrogen-bond donors (Lipinski definition) is 1. The Labute approximate surface area is 105 Å². The van der Waals surface area contributed by atoms with Gasteiger partial charge in [-0.15, -0.1) is 0 Å². The van der Waals surface area contributed by atoms with E-state index >= 15 is 0 Å². The highest BCUT2D eigenvalue weighted by molar-refractivity contribution is 5.35. The van der Waals surface area contributed by atoms with Gasteiger partial charge in [0.15, 0.2) is 0 Å². The molecule has 0 amide bonds. The van der Waals surface area contributed by atoms with Gasteiger partial charge in [-0.25, -0.2) is 0 Å². The van der Waals surface area contributed by atoms with Gasteiger partial charge in [0.1, 0.15) is 5.75 Å². The molecular weight excluding hydrogens is 243 g/mol. The Balaban J connectivity index is 2.52. The lowest BCUT2D eigenvalue weighted by atomic mass is 10.1. The number of alkyl halides is 3. The van der Waals surface area contributed by atoms with Crippen LogP contribution in [0.15, 0.2) is 24.3 Å². The first-order valence-electron chi connectivity index (χ1n) is 5.99. The van der Waals surface area contributed by atoms with Crippen molar-refractivity contribution >= 4 is 0 Å². The van der Waals surface area contributed by atoms with Crippen LogP contribution >= 0.6 is 0 Å². The molecular formula is C13H18F3NO. The molecule has 2 N–H and O–H groups in total. The second-order valence-electron chi connectivity index (χ2n) is 4.15. The summed E-state index contributed by atoms with van der Waals surface area (Å²) in [6.45, 7) is 2.23. The first kappa shape index (κ1) is 14.8. The Kier molecular flexibility index (Phi) is 5.47. The van der Waals surface area contributed by atoms with E-state index in [0.717, 1.165) is 18.9 Å². The Morgan fingerprint density at radius 2 is 1.94 bits per heavy atom. The molecule has 5 heteroatoms. The van der Waals surface area contributed by atoms with Gasteiger partial charge in [-0.3, -0.25) is 0 Å². The van der Waals surface area contributed by atoms with Crippen LogP contribution in [0, 0.1) is 0 Å². The van der Waals surface area contributed by atoms with Gasteiger partial charge in [0, 0.05) is 6.04 Å². The standard InChI is InChI=1S/C13H18F3NO/c1-2-10(17)6-5-9-18-12-8-4-3-7-11(12)13(14,15)16/h3-4,7-8,10H,2,5-6,9,17H2,1H3. The van der Waals surface area contributed by atoms with E-state index in [1.165, 1.54) is 18.2 Å². The van der Waals surface area contributed by atoms with Gasteiger partial charge in [0.2, 0.25) is 0 Å². The van der Waals surface area contributed by atoms with E-state index in [0.29, 0.717) is 6.42 Å². The molecule has 1 atom stereocenters. The van der Waals surface area contributed by atoms with Crippen molar-refractivity contribution in [3.63, 3.8) is 0 Å². The SMILES string of the molecule is CCC(N)CCCOc1ccccc1C(F)(F)F. The summed E-state index contributed by atoms with van der Waals surface area (Å²) in [7, 11) is 0. The average Bonchev–Trinajstić information content (AvgIpc) is 2.33. The maximum absolute atomic E-state index is 12.6. The molecule has 0 aliphatic rings.